The van der Waals surface area contributed by atoms with E-state index in [0.717, 1.165) is 6.42 Å². The topological polar surface area (TPSA) is 126 Å². The molecule has 0 radical (unpaired) electrons. The molecule has 1 aromatic heterocycles. The van der Waals surface area contributed by atoms with Crippen LogP contribution in [0, 0.1) is 5.92 Å². The molecule has 0 aliphatic carbocycles. The van der Waals surface area contributed by atoms with E-state index in [1.54, 1.807) is 0 Å². The highest BCUT2D eigenvalue weighted by Gasteiger charge is 2.27. The Morgan fingerprint density at radius 3 is 2.81 bits per heavy atom. The highest BCUT2D eigenvalue weighted by atomic mass is 16.4. The Balaban J connectivity index is 1.86. The number of carbonyl (C=O) groups is 3. The van der Waals surface area contributed by atoms with Crippen molar-refractivity contribution in [3.8, 4) is 0 Å². The molecule has 0 aromatic carbocycles. The second kappa shape index (κ2) is 6.29. The summed E-state index contributed by atoms with van der Waals surface area (Å²) in [6, 6.07) is 2.31. The van der Waals surface area contributed by atoms with Crippen molar-refractivity contribution in [3.05, 3.63) is 23.7 Å². The van der Waals surface area contributed by atoms with Crippen LogP contribution in [0.2, 0.25) is 0 Å². The minimum atomic E-state index is -1.16. The zero-order chi connectivity index (χ0) is 15.4. The maximum atomic E-state index is 12.0. The number of hydrogen-bond donors (Lipinski definition) is 3. The normalized spacial score (nSPS) is 18.3. The smallest absolute Gasteiger partial charge is 0.371 e. The molecule has 114 valence electrons. The number of piperidine rings is 1. The number of primary amides is 1. The molecule has 21 heavy (non-hydrogen) atoms. The summed E-state index contributed by atoms with van der Waals surface area (Å²) in [6.45, 7) is 0.984. The average Bonchev–Trinajstić information content (AvgIpc) is 2.94. The molecular formula is C13H17N3O5. The zero-order valence-corrected chi connectivity index (χ0v) is 11.4. The third kappa shape index (κ3) is 3.74. The fraction of sp³-hybridized carbons (Fsp3) is 0.462. The van der Waals surface area contributed by atoms with Gasteiger partial charge >= 0.3 is 12.0 Å². The van der Waals surface area contributed by atoms with Gasteiger partial charge in [-0.2, -0.15) is 0 Å². The first-order valence-corrected chi connectivity index (χ1v) is 6.61. The minimum Gasteiger partial charge on any atom is -0.475 e. The Hall–Kier alpha value is -2.51. The van der Waals surface area contributed by atoms with Gasteiger partial charge in [0.2, 0.25) is 11.7 Å². The van der Waals surface area contributed by atoms with Crippen LogP contribution in [0.1, 0.15) is 29.2 Å². The van der Waals surface area contributed by atoms with Crippen LogP contribution in [0.3, 0.4) is 0 Å². The fourth-order valence-electron chi connectivity index (χ4n) is 2.30. The number of carboxylic acids is 1. The molecule has 3 amide bonds. The summed E-state index contributed by atoms with van der Waals surface area (Å²) in [4.78, 5) is 35.3. The van der Waals surface area contributed by atoms with Gasteiger partial charge in [0.25, 0.3) is 0 Å². The van der Waals surface area contributed by atoms with E-state index in [1.807, 2.05) is 0 Å². The molecule has 4 N–H and O–H groups in total. The molecule has 1 saturated heterocycles. The summed E-state index contributed by atoms with van der Waals surface area (Å²) in [5.74, 6) is -1.47. The van der Waals surface area contributed by atoms with Crippen LogP contribution in [0.5, 0.6) is 0 Å². The van der Waals surface area contributed by atoms with E-state index in [4.69, 9.17) is 15.3 Å². The summed E-state index contributed by atoms with van der Waals surface area (Å²) >= 11 is 0. The van der Waals surface area contributed by atoms with Crippen LogP contribution in [0.25, 0.3) is 0 Å². The van der Waals surface area contributed by atoms with Gasteiger partial charge in [-0.3, -0.25) is 4.79 Å². The standard InChI is InChI=1S/C13H17N3O5/c14-13(20)16-5-1-2-8(7-16)11(17)15-6-9-3-4-10(21-9)12(18)19/h3-4,8H,1-2,5-7H2,(H2,14,20)(H,15,17)(H,18,19). The molecule has 2 heterocycles. The van der Waals surface area contributed by atoms with E-state index in [2.05, 4.69) is 5.32 Å². The van der Waals surface area contributed by atoms with Crippen molar-refractivity contribution >= 4 is 17.9 Å². The van der Waals surface area contributed by atoms with Crippen molar-refractivity contribution in [2.24, 2.45) is 11.7 Å². The zero-order valence-electron chi connectivity index (χ0n) is 11.4. The minimum absolute atomic E-state index is 0.110. The molecule has 1 unspecified atom stereocenters. The van der Waals surface area contributed by atoms with Gasteiger partial charge < -0.3 is 25.5 Å². The monoisotopic (exact) mass is 295 g/mol. The first-order valence-electron chi connectivity index (χ1n) is 6.61. The molecule has 0 bridgehead atoms. The van der Waals surface area contributed by atoms with Gasteiger partial charge in [-0.25, -0.2) is 9.59 Å². The molecule has 8 nitrogen and oxygen atoms in total. The lowest BCUT2D eigenvalue weighted by atomic mass is 9.97. The number of carboxylic acid groups (broad SMARTS) is 1. The number of rotatable bonds is 4. The van der Waals surface area contributed by atoms with Gasteiger partial charge in [-0.05, 0) is 25.0 Å². The molecule has 1 aliphatic heterocycles. The SMILES string of the molecule is NC(=O)N1CCCC(C(=O)NCc2ccc(C(=O)O)o2)C1. The van der Waals surface area contributed by atoms with Crippen LogP contribution >= 0.6 is 0 Å². The van der Waals surface area contributed by atoms with Crippen molar-refractivity contribution in [2.45, 2.75) is 19.4 Å². The molecule has 1 fully saturated rings. The van der Waals surface area contributed by atoms with E-state index in [0.29, 0.717) is 25.3 Å². The summed E-state index contributed by atoms with van der Waals surface area (Å²) in [5, 5.41) is 11.4. The van der Waals surface area contributed by atoms with Crippen molar-refractivity contribution < 1.29 is 23.9 Å². The first kappa shape index (κ1) is 14.9. The van der Waals surface area contributed by atoms with E-state index in [-0.39, 0.29) is 24.1 Å². The maximum Gasteiger partial charge on any atom is 0.371 e. The van der Waals surface area contributed by atoms with Crippen LogP contribution < -0.4 is 11.1 Å². The summed E-state index contributed by atoms with van der Waals surface area (Å²) in [6.07, 6.45) is 1.42. The predicted octanol–water partition coefficient (Wildman–Crippen LogP) is 0.385. The second-order valence-corrected chi connectivity index (χ2v) is 4.91. The summed E-state index contributed by atoms with van der Waals surface area (Å²) in [5.41, 5.74) is 5.21. The van der Waals surface area contributed by atoms with Crippen molar-refractivity contribution in [3.63, 3.8) is 0 Å². The number of likely N-dealkylation sites (tertiary alicyclic amines) is 1. The number of furan rings is 1. The number of hydrogen-bond acceptors (Lipinski definition) is 4. The molecule has 0 spiro atoms. The third-order valence-electron chi connectivity index (χ3n) is 3.41. The van der Waals surface area contributed by atoms with Crippen LogP contribution in [-0.2, 0) is 11.3 Å². The molecule has 1 atom stereocenters. The van der Waals surface area contributed by atoms with Gasteiger partial charge in [0, 0.05) is 13.1 Å². The predicted molar refractivity (Wildman–Crippen MR) is 71.4 cm³/mol. The number of aromatic carboxylic acids is 1. The molecule has 1 aromatic rings. The molecule has 1 aliphatic rings. The van der Waals surface area contributed by atoms with Crippen molar-refractivity contribution in [2.75, 3.05) is 13.1 Å². The van der Waals surface area contributed by atoms with Gasteiger partial charge in [-0.1, -0.05) is 0 Å². The molecule has 0 saturated carbocycles. The Kier molecular flexibility index (Phi) is 4.46. The maximum absolute atomic E-state index is 12.0. The Morgan fingerprint density at radius 1 is 1.43 bits per heavy atom. The van der Waals surface area contributed by atoms with E-state index >= 15 is 0 Å². The second-order valence-electron chi connectivity index (χ2n) is 4.91. The highest BCUT2D eigenvalue weighted by molar-refractivity contribution is 5.84. The number of nitrogens with zero attached hydrogens (tertiary/aromatic N) is 1. The molecule has 8 heteroatoms. The van der Waals surface area contributed by atoms with E-state index < -0.39 is 12.0 Å². The van der Waals surface area contributed by atoms with Gasteiger partial charge in [0.05, 0.1) is 12.5 Å². The van der Waals surface area contributed by atoms with E-state index in [1.165, 1.54) is 17.0 Å². The van der Waals surface area contributed by atoms with E-state index in [9.17, 15) is 14.4 Å². The van der Waals surface area contributed by atoms with Crippen LogP contribution in [-0.4, -0.2) is 41.0 Å². The molecular weight excluding hydrogens is 278 g/mol. The lowest BCUT2D eigenvalue weighted by Crippen LogP contribution is -2.47. The number of nitrogens with one attached hydrogen (secondary N) is 1. The lowest BCUT2D eigenvalue weighted by Gasteiger charge is -2.30. The lowest BCUT2D eigenvalue weighted by molar-refractivity contribution is -0.126. The fourth-order valence-corrected chi connectivity index (χ4v) is 2.30. The number of amides is 3. The molecule has 2 rings (SSSR count). The van der Waals surface area contributed by atoms with Crippen LogP contribution in [0.4, 0.5) is 4.79 Å². The largest absolute Gasteiger partial charge is 0.475 e. The Labute approximate surface area is 120 Å². The average molecular weight is 295 g/mol. The van der Waals surface area contributed by atoms with Crippen molar-refractivity contribution in [1.82, 2.24) is 10.2 Å². The quantitative estimate of drug-likeness (QED) is 0.740. The Morgan fingerprint density at radius 2 is 2.19 bits per heavy atom. The first-order chi connectivity index (χ1) is 9.97. The number of nitrogens with two attached hydrogens (primary N) is 1. The summed E-state index contributed by atoms with van der Waals surface area (Å²) < 4.78 is 5.04. The summed E-state index contributed by atoms with van der Waals surface area (Å²) in [7, 11) is 0. The van der Waals surface area contributed by atoms with Gasteiger partial charge in [0.1, 0.15) is 5.76 Å². The van der Waals surface area contributed by atoms with Crippen LogP contribution in [0.15, 0.2) is 16.5 Å². The Bertz CT molecular complexity index is 554. The van der Waals surface area contributed by atoms with Gasteiger partial charge in [0.15, 0.2) is 0 Å². The third-order valence-corrected chi connectivity index (χ3v) is 3.41. The number of carbonyl (C=O) groups excluding carboxylic acids is 2. The van der Waals surface area contributed by atoms with Gasteiger partial charge in [-0.15, -0.1) is 0 Å². The highest BCUT2D eigenvalue weighted by Crippen LogP contribution is 2.16. The number of urea groups is 1. The van der Waals surface area contributed by atoms with Crippen molar-refractivity contribution in [1.29, 1.82) is 0 Å².